The lowest BCUT2D eigenvalue weighted by Gasteiger charge is -2.17. The summed E-state index contributed by atoms with van der Waals surface area (Å²) < 4.78 is 15.6. The molecule has 27 heavy (non-hydrogen) atoms. The van der Waals surface area contributed by atoms with Crippen molar-refractivity contribution in [1.82, 2.24) is 14.9 Å². The molecule has 2 aromatic heterocycles. The van der Waals surface area contributed by atoms with Crippen molar-refractivity contribution in [3.8, 4) is 22.4 Å². The van der Waals surface area contributed by atoms with Gasteiger partial charge in [-0.3, -0.25) is 9.78 Å². The fourth-order valence-electron chi connectivity index (χ4n) is 3.74. The minimum absolute atomic E-state index is 0.0703. The SMILES string of the molecule is O=C1NCCc2c1c(-c1ccc(F)cc1)c(-c1ccncc1)n2CCCO. The second kappa shape index (κ2) is 7.32. The highest BCUT2D eigenvalue weighted by Crippen LogP contribution is 2.40. The number of pyridine rings is 1. The van der Waals surface area contributed by atoms with E-state index in [9.17, 15) is 14.3 Å². The molecule has 0 fully saturated rings. The van der Waals surface area contributed by atoms with Gasteiger partial charge in [0, 0.05) is 55.3 Å². The van der Waals surface area contributed by atoms with E-state index in [0.29, 0.717) is 31.5 Å². The highest BCUT2D eigenvalue weighted by atomic mass is 19.1. The predicted molar refractivity (Wildman–Crippen MR) is 101 cm³/mol. The lowest BCUT2D eigenvalue weighted by atomic mass is 9.95. The van der Waals surface area contributed by atoms with Crippen LogP contribution in [0.4, 0.5) is 4.39 Å². The molecule has 0 bridgehead atoms. The second-order valence-electron chi connectivity index (χ2n) is 6.52. The second-order valence-corrected chi connectivity index (χ2v) is 6.52. The smallest absolute Gasteiger partial charge is 0.253 e. The first-order valence-electron chi connectivity index (χ1n) is 9.01. The van der Waals surface area contributed by atoms with Gasteiger partial charge in [-0.2, -0.15) is 0 Å². The van der Waals surface area contributed by atoms with Crippen LogP contribution in [0.1, 0.15) is 22.5 Å². The Balaban J connectivity index is 2.04. The Morgan fingerprint density at radius 3 is 2.52 bits per heavy atom. The highest BCUT2D eigenvalue weighted by Gasteiger charge is 2.30. The van der Waals surface area contributed by atoms with Gasteiger partial charge in [0.2, 0.25) is 0 Å². The number of aliphatic hydroxyl groups is 1. The topological polar surface area (TPSA) is 67.2 Å². The van der Waals surface area contributed by atoms with E-state index in [-0.39, 0.29) is 18.3 Å². The Morgan fingerprint density at radius 2 is 1.81 bits per heavy atom. The quantitative estimate of drug-likeness (QED) is 0.730. The normalized spacial score (nSPS) is 13.3. The van der Waals surface area contributed by atoms with Crippen LogP contribution in [0.15, 0.2) is 48.8 Å². The van der Waals surface area contributed by atoms with E-state index >= 15 is 0 Å². The van der Waals surface area contributed by atoms with E-state index in [1.807, 2.05) is 12.1 Å². The zero-order valence-corrected chi connectivity index (χ0v) is 14.8. The van der Waals surface area contributed by atoms with Crippen LogP contribution in [-0.2, 0) is 13.0 Å². The summed E-state index contributed by atoms with van der Waals surface area (Å²) in [5.41, 5.74) is 5.02. The molecule has 6 heteroatoms. The van der Waals surface area contributed by atoms with Gasteiger partial charge in [-0.15, -0.1) is 0 Å². The van der Waals surface area contributed by atoms with Crippen molar-refractivity contribution in [2.45, 2.75) is 19.4 Å². The van der Waals surface area contributed by atoms with Crippen molar-refractivity contribution in [2.75, 3.05) is 13.2 Å². The number of fused-ring (bicyclic) bond motifs is 1. The van der Waals surface area contributed by atoms with Crippen molar-refractivity contribution in [2.24, 2.45) is 0 Å². The molecule has 3 aromatic rings. The van der Waals surface area contributed by atoms with Gasteiger partial charge in [0.25, 0.3) is 5.91 Å². The van der Waals surface area contributed by atoms with Gasteiger partial charge in [0.05, 0.1) is 11.3 Å². The average Bonchev–Trinajstić information content (AvgIpc) is 3.03. The standard InChI is InChI=1S/C21H20FN3O2/c22-16-4-2-14(3-5-16)18-19-17(8-11-24-21(19)27)25(12-1-13-26)20(18)15-6-9-23-10-7-15/h2-7,9-10,26H,1,8,11-13H2,(H,24,27). The van der Waals surface area contributed by atoms with Gasteiger partial charge in [-0.05, 0) is 36.2 Å². The molecular weight excluding hydrogens is 345 g/mol. The van der Waals surface area contributed by atoms with Gasteiger partial charge >= 0.3 is 0 Å². The highest BCUT2D eigenvalue weighted by molar-refractivity contribution is 6.07. The molecule has 0 saturated heterocycles. The summed E-state index contributed by atoms with van der Waals surface area (Å²) in [6.45, 7) is 1.25. The lowest BCUT2D eigenvalue weighted by Crippen LogP contribution is -2.32. The van der Waals surface area contributed by atoms with Crippen molar-refractivity contribution in [3.05, 3.63) is 65.9 Å². The van der Waals surface area contributed by atoms with E-state index in [2.05, 4.69) is 14.9 Å². The number of nitrogens with zero attached hydrogens (tertiary/aromatic N) is 2. The molecule has 4 rings (SSSR count). The molecule has 0 radical (unpaired) electrons. The van der Waals surface area contributed by atoms with Crippen molar-refractivity contribution < 1.29 is 14.3 Å². The molecule has 2 N–H and O–H groups in total. The Labute approximate surface area is 156 Å². The van der Waals surface area contributed by atoms with E-state index < -0.39 is 0 Å². The van der Waals surface area contributed by atoms with Crippen LogP contribution < -0.4 is 5.32 Å². The van der Waals surface area contributed by atoms with Gasteiger partial charge in [0.15, 0.2) is 0 Å². The van der Waals surface area contributed by atoms with Crippen LogP contribution in [0.3, 0.4) is 0 Å². The molecule has 0 aliphatic carbocycles. The van der Waals surface area contributed by atoms with Gasteiger partial charge in [-0.25, -0.2) is 4.39 Å². The largest absolute Gasteiger partial charge is 0.396 e. The third-order valence-electron chi connectivity index (χ3n) is 4.87. The van der Waals surface area contributed by atoms with Crippen molar-refractivity contribution in [3.63, 3.8) is 0 Å². The van der Waals surface area contributed by atoms with E-state index in [1.165, 1.54) is 12.1 Å². The molecule has 138 valence electrons. The summed E-state index contributed by atoms with van der Waals surface area (Å²) in [6, 6.07) is 10.0. The Kier molecular flexibility index (Phi) is 4.73. The number of aromatic nitrogens is 2. The molecule has 3 heterocycles. The molecule has 1 aromatic carbocycles. The number of carbonyl (C=O) groups is 1. The summed E-state index contributed by atoms with van der Waals surface area (Å²) in [4.78, 5) is 16.9. The van der Waals surface area contributed by atoms with Crippen molar-refractivity contribution >= 4 is 5.91 Å². The van der Waals surface area contributed by atoms with Crippen LogP contribution >= 0.6 is 0 Å². The fraction of sp³-hybridized carbons (Fsp3) is 0.238. The van der Waals surface area contributed by atoms with Gasteiger partial charge in [-0.1, -0.05) is 12.1 Å². The minimum atomic E-state index is -0.317. The molecule has 1 aliphatic rings. The fourth-order valence-corrected chi connectivity index (χ4v) is 3.74. The number of nitrogens with one attached hydrogen (secondary N) is 1. The first kappa shape index (κ1) is 17.4. The zero-order chi connectivity index (χ0) is 18.8. The summed E-state index contributed by atoms with van der Waals surface area (Å²) in [6.07, 6.45) is 4.73. The molecule has 0 unspecified atom stereocenters. The Morgan fingerprint density at radius 1 is 1.07 bits per heavy atom. The molecular formula is C21H20FN3O2. The first-order chi connectivity index (χ1) is 13.2. The van der Waals surface area contributed by atoms with E-state index in [4.69, 9.17) is 0 Å². The monoisotopic (exact) mass is 365 g/mol. The maximum atomic E-state index is 13.5. The molecule has 0 atom stereocenters. The number of benzene rings is 1. The Hall–Kier alpha value is -2.99. The predicted octanol–water partition coefficient (Wildman–Crippen LogP) is 3.02. The number of carbonyl (C=O) groups excluding carboxylic acids is 1. The van der Waals surface area contributed by atoms with Crippen LogP contribution in [-0.4, -0.2) is 33.7 Å². The molecule has 0 spiro atoms. The van der Waals surface area contributed by atoms with Crippen LogP contribution in [0.25, 0.3) is 22.4 Å². The van der Waals surface area contributed by atoms with E-state index in [1.54, 1.807) is 24.5 Å². The molecule has 0 saturated carbocycles. The number of halogens is 1. The van der Waals surface area contributed by atoms with Crippen LogP contribution in [0.2, 0.25) is 0 Å². The third kappa shape index (κ3) is 3.13. The average molecular weight is 365 g/mol. The zero-order valence-electron chi connectivity index (χ0n) is 14.8. The number of hydrogen-bond donors (Lipinski definition) is 2. The van der Waals surface area contributed by atoms with E-state index in [0.717, 1.165) is 28.1 Å². The lowest BCUT2D eigenvalue weighted by molar-refractivity contribution is 0.0946. The maximum absolute atomic E-state index is 13.5. The summed E-state index contributed by atoms with van der Waals surface area (Å²) in [5.74, 6) is -0.434. The molecule has 1 amide bonds. The van der Waals surface area contributed by atoms with Gasteiger partial charge < -0.3 is 15.0 Å². The van der Waals surface area contributed by atoms with Crippen molar-refractivity contribution in [1.29, 1.82) is 0 Å². The van der Waals surface area contributed by atoms with Gasteiger partial charge in [0.1, 0.15) is 5.82 Å². The number of amides is 1. The summed E-state index contributed by atoms with van der Waals surface area (Å²) in [5, 5.41) is 12.3. The third-order valence-corrected chi connectivity index (χ3v) is 4.87. The Bertz CT molecular complexity index is 965. The molecule has 5 nitrogen and oxygen atoms in total. The summed E-state index contributed by atoms with van der Waals surface area (Å²) >= 11 is 0. The minimum Gasteiger partial charge on any atom is -0.396 e. The maximum Gasteiger partial charge on any atom is 0.253 e. The van der Waals surface area contributed by atoms with Crippen LogP contribution in [0, 0.1) is 5.82 Å². The number of rotatable bonds is 5. The summed E-state index contributed by atoms with van der Waals surface area (Å²) in [7, 11) is 0. The first-order valence-corrected chi connectivity index (χ1v) is 9.01. The van der Waals surface area contributed by atoms with Crippen LogP contribution in [0.5, 0.6) is 0 Å². The number of hydrogen-bond acceptors (Lipinski definition) is 3. The number of aliphatic hydroxyl groups excluding tert-OH is 1. The molecule has 1 aliphatic heterocycles.